The van der Waals surface area contributed by atoms with Gasteiger partial charge < -0.3 is 16.1 Å². The van der Waals surface area contributed by atoms with Gasteiger partial charge >= 0.3 is 0 Å². The van der Waals surface area contributed by atoms with Gasteiger partial charge in [0, 0.05) is 24.6 Å². The summed E-state index contributed by atoms with van der Waals surface area (Å²) in [5, 5.41) is 0. The molecule has 1 aromatic rings. The SMILES string of the molecule is Cc1c(NN)nc(C(C)C)nc1N1CCC(C(N)=O)C1. The Labute approximate surface area is 118 Å². The van der Waals surface area contributed by atoms with Crippen molar-refractivity contribution in [2.45, 2.75) is 33.1 Å². The molecule has 1 amide bonds. The molecule has 20 heavy (non-hydrogen) atoms. The van der Waals surface area contributed by atoms with Crippen LogP contribution in [-0.2, 0) is 4.79 Å². The number of hydrazine groups is 1. The van der Waals surface area contributed by atoms with Gasteiger partial charge in [-0.2, -0.15) is 0 Å². The van der Waals surface area contributed by atoms with Crippen LogP contribution in [0.25, 0.3) is 0 Å². The van der Waals surface area contributed by atoms with Crippen LogP contribution in [0.4, 0.5) is 11.6 Å². The summed E-state index contributed by atoms with van der Waals surface area (Å²) in [4.78, 5) is 22.4. The van der Waals surface area contributed by atoms with Crippen LogP contribution in [0.1, 0.15) is 37.6 Å². The average molecular weight is 278 g/mol. The van der Waals surface area contributed by atoms with Crippen LogP contribution < -0.4 is 21.9 Å². The fourth-order valence-corrected chi connectivity index (χ4v) is 2.41. The van der Waals surface area contributed by atoms with Crippen LogP contribution in [0.3, 0.4) is 0 Å². The normalized spacial score (nSPS) is 18.6. The number of nitrogens with one attached hydrogen (secondary N) is 1. The van der Waals surface area contributed by atoms with Crippen LogP contribution in [0.5, 0.6) is 0 Å². The second-order valence-corrected chi connectivity index (χ2v) is 5.51. The van der Waals surface area contributed by atoms with Crippen molar-refractivity contribution in [3.63, 3.8) is 0 Å². The molecule has 2 heterocycles. The third-order valence-electron chi connectivity index (χ3n) is 3.68. The summed E-state index contributed by atoms with van der Waals surface area (Å²) in [6.07, 6.45) is 0.765. The highest BCUT2D eigenvalue weighted by Gasteiger charge is 2.29. The van der Waals surface area contributed by atoms with Gasteiger partial charge in [0.2, 0.25) is 5.91 Å². The number of carbonyl (C=O) groups is 1. The van der Waals surface area contributed by atoms with E-state index in [1.807, 2.05) is 20.8 Å². The molecule has 5 N–H and O–H groups in total. The van der Waals surface area contributed by atoms with Crippen molar-refractivity contribution in [3.05, 3.63) is 11.4 Å². The van der Waals surface area contributed by atoms with Gasteiger partial charge in [-0.3, -0.25) is 4.79 Å². The Morgan fingerprint density at radius 1 is 1.45 bits per heavy atom. The molecule has 110 valence electrons. The highest BCUT2D eigenvalue weighted by Crippen LogP contribution is 2.29. The lowest BCUT2D eigenvalue weighted by atomic mass is 10.1. The summed E-state index contributed by atoms with van der Waals surface area (Å²) in [7, 11) is 0. The first-order valence-electron chi connectivity index (χ1n) is 6.83. The Hall–Kier alpha value is -1.89. The van der Waals surface area contributed by atoms with Crippen molar-refractivity contribution in [1.29, 1.82) is 0 Å². The molecule has 0 aromatic carbocycles. The van der Waals surface area contributed by atoms with Crippen LogP contribution in [0.2, 0.25) is 0 Å². The molecule has 1 atom stereocenters. The van der Waals surface area contributed by atoms with E-state index in [2.05, 4.69) is 20.3 Å². The molecule has 7 nitrogen and oxygen atoms in total. The van der Waals surface area contributed by atoms with E-state index in [0.717, 1.165) is 30.2 Å². The summed E-state index contributed by atoms with van der Waals surface area (Å²) in [6, 6.07) is 0. The zero-order valence-corrected chi connectivity index (χ0v) is 12.2. The molecule has 0 spiro atoms. The quantitative estimate of drug-likeness (QED) is 0.546. The number of aromatic nitrogens is 2. The van der Waals surface area contributed by atoms with E-state index in [9.17, 15) is 4.79 Å². The number of anilines is 2. The van der Waals surface area contributed by atoms with Gasteiger partial charge in [-0.15, -0.1) is 0 Å². The molecule has 1 aliphatic heterocycles. The predicted molar refractivity (Wildman–Crippen MR) is 78.2 cm³/mol. The Morgan fingerprint density at radius 3 is 2.65 bits per heavy atom. The maximum Gasteiger partial charge on any atom is 0.222 e. The molecule has 0 saturated carbocycles. The monoisotopic (exact) mass is 278 g/mol. The van der Waals surface area contributed by atoms with Crippen molar-refractivity contribution in [2.24, 2.45) is 17.5 Å². The zero-order chi connectivity index (χ0) is 14.9. The lowest BCUT2D eigenvalue weighted by Crippen LogP contribution is -2.29. The molecule has 1 fully saturated rings. The lowest BCUT2D eigenvalue weighted by Gasteiger charge is -2.22. The number of primary amides is 1. The van der Waals surface area contributed by atoms with Crippen molar-refractivity contribution in [1.82, 2.24) is 9.97 Å². The molecule has 2 rings (SSSR count). The van der Waals surface area contributed by atoms with Crippen LogP contribution in [0, 0.1) is 12.8 Å². The van der Waals surface area contributed by atoms with Gasteiger partial charge in [-0.05, 0) is 13.3 Å². The summed E-state index contributed by atoms with van der Waals surface area (Å²) < 4.78 is 0. The van der Waals surface area contributed by atoms with Crippen LogP contribution in [-0.4, -0.2) is 29.0 Å². The fourth-order valence-electron chi connectivity index (χ4n) is 2.41. The molecule has 0 bridgehead atoms. The van der Waals surface area contributed by atoms with E-state index in [1.54, 1.807) is 0 Å². The highest BCUT2D eigenvalue weighted by molar-refractivity contribution is 5.78. The molecule has 0 radical (unpaired) electrons. The Morgan fingerprint density at radius 2 is 2.15 bits per heavy atom. The van der Waals surface area contributed by atoms with E-state index in [-0.39, 0.29) is 17.7 Å². The minimum atomic E-state index is -0.250. The van der Waals surface area contributed by atoms with E-state index in [1.165, 1.54) is 0 Å². The molecule has 0 aliphatic carbocycles. The number of nitrogen functional groups attached to an aromatic ring is 1. The van der Waals surface area contributed by atoms with Gasteiger partial charge in [0.05, 0.1) is 5.92 Å². The van der Waals surface area contributed by atoms with E-state index >= 15 is 0 Å². The minimum Gasteiger partial charge on any atom is -0.369 e. The predicted octanol–water partition coefficient (Wildman–Crippen LogP) is 0.506. The Bertz CT molecular complexity index is 516. The van der Waals surface area contributed by atoms with Crippen molar-refractivity contribution < 1.29 is 4.79 Å². The molecule has 1 aromatic heterocycles. The third-order valence-corrected chi connectivity index (χ3v) is 3.68. The summed E-state index contributed by atoms with van der Waals surface area (Å²) >= 11 is 0. The smallest absolute Gasteiger partial charge is 0.222 e. The number of nitrogens with zero attached hydrogens (tertiary/aromatic N) is 3. The number of hydrogen-bond acceptors (Lipinski definition) is 6. The van der Waals surface area contributed by atoms with E-state index < -0.39 is 0 Å². The van der Waals surface area contributed by atoms with Crippen molar-refractivity contribution in [2.75, 3.05) is 23.4 Å². The van der Waals surface area contributed by atoms with E-state index in [0.29, 0.717) is 12.4 Å². The molecule has 1 aliphatic rings. The van der Waals surface area contributed by atoms with Gasteiger partial charge in [0.25, 0.3) is 0 Å². The summed E-state index contributed by atoms with van der Waals surface area (Å²) in [5.74, 6) is 7.57. The maximum atomic E-state index is 11.3. The first-order chi connectivity index (χ1) is 9.43. The van der Waals surface area contributed by atoms with Crippen molar-refractivity contribution in [3.8, 4) is 0 Å². The first kappa shape index (κ1) is 14.5. The van der Waals surface area contributed by atoms with Gasteiger partial charge in [-0.25, -0.2) is 15.8 Å². The van der Waals surface area contributed by atoms with Gasteiger partial charge in [0.1, 0.15) is 17.5 Å². The molecule has 7 heteroatoms. The highest BCUT2D eigenvalue weighted by atomic mass is 16.1. The summed E-state index contributed by atoms with van der Waals surface area (Å²) in [5.41, 5.74) is 8.89. The Kier molecular flexibility index (Phi) is 4.08. The zero-order valence-electron chi connectivity index (χ0n) is 12.2. The number of hydrogen-bond donors (Lipinski definition) is 3. The largest absolute Gasteiger partial charge is 0.369 e. The number of nitrogens with two attached hydrogens (primary N) is 2. The second kappa shape index (κ2) is 5.62. The fraction of sp³-hybridized carbons (Fsp3) is 0.615. The van der Waals surface area contributed by atoms with Crippen LogP contribution >= 0.6 is 0 Å². The van der Waals surface area contributed by atoms with Gasteiger partial charge in [-0.1, -0.05) is 13.8 Å². The molecule has 1 saturated heterocycles. The topological polar surface area (TPSA) is 110 Å². The number of rotatable bonds is 4. The molecular weight excluding hydrogens is 256 g/mol. The van der Waals surface area contributed by atoms with Gasteiger partial charge in [0.15, 0.2) is 0 Å². The average Bonchev–Trinajstić information content (AvgIpc) is 2.88. The maximum absolute atomic E-state index is 11.3. The second-order valence-electron chi connectivity index (χ2n) is 5.51. The molecular formula is C13H22N6O. The molecule has 1 unspecified atom stereocenters. The summed E-state index contributed by atoms with van der Waals surface area (Å²) in [6.45, 7) is 7.36. The first-order valence-corrected chi connectivity index (χ1v) is 6.83. The van der Waals surface area contributed by atoms with Crippen LogP contribution in [0.15, 0.2) is 0 Å². The number of carbonyl (C=O) groups excluding carboxylic acids is 1. The standard InChI is InChI=1S/C13H22N6O/c1-7(2)11-16-12(18-15)8(3)13(17-11)19-5-4-9(6-19)10(14)20/h7,9H,4-6,15H2,1-3H3,(H2,14,20)(H,16,17,18). The minimum absolute atomic E-state index is 0.110. The number of amides is 1. The van der Waals surface area contributed by atoms with E-state index in [4.69, 9.17) is 11.6 Å². The Balaban J connectivity index is 2.36. The van der Waals surface area contributed by atoms with Crippen molar-refractivity contribution >= 4 is 17.5 Å². The lowest BCUT2D eigenvalue weighted by molar-refractivity contribution is -0.121. The third kappa shape index (κ3) is 2.67.